The molecule has 0 bridgehead atoms. The normalized spacial score (nSPS) is 15.0. The zero-order chi connectivity index (χ0) is 48.0. The lowest BCUT2D eigenvalue weighted by atomic mass is 10.1. The van der Waals surface area contributed by atoms with Gasteiger partial charge in [0.2, 0.25) is 0 Å². The molecule has 0 aliphatic rings. The summed E-state index contributed by atoms with van der Waals surface area (Å²) in [7, 11) is -9.73. The maximum atomic E-state index is 12.7. The summed E-state index contributed by atoms with van der Waals surface area (Å²) >= 11 is 0. The van der Waals surface area contributed by atoms with Crippen LogP contribution in [0, 0.1) is 0 Å². The molecule has 65 heavy (non-hydrogen) atoms. The van der Waals surface area contributed by atoms with Gasteiger partial charge in [0, 0.05) is 12.8 Å². The third-order valence-corrected chi connectivity index (χ3v) is 10.3. The van der Waals surface area contributed by atoms with Crippen molar-refractivity contribution in [3.05, 3.63) is 122 Å². The summed E-state index contributed by atoms with van der Waals surface area (Å²) in [5, 5.41) is 9.76. The average molecular weight is 951 g/mol. The summed E-state index contributed by atoms with van der Waals surface area (Å²) in [5.41, 5.74) is 0. The van der Waals surface area contributed by atoms with Gasteiger partial charge in [0.25, 0.3) is 0 Å². The van der Waals surface area contributed by atoms with Crippen LogP contribution in [0.5, 0.6) is 0 Å². The lowest BCUT2D eigenvalue weighted by molar-refractivity contribution is -0.161. The highest BCUT2D eigenvalue weighted by Gasteiger charge is 2.28. The molecule has 1 unspecified atom stereocenters. The molecule has 0 saturated heterocycles. The summed E-state index contributed by atoms with van der Waals surface area (Å²) in [5.74, 6) is -1.18. The van der Waals surface area contributed by atoms with Gasteiger partial charge in [0.05, 0.1) is 19.8 Å². The molecule has 0 aromatic rings. The Kier molecular flexibility index (Phi) is 42.0. The van der Waals surface area contributed by atoms with Crippen LogP contribution in [0.4, 0.5) is 0 Å². The summed E-state index contributed by atoms with van der Waals surface area (Å²) in [4.78, 5) is 52.8. The van der Waals surface area contributed by atoms with Gasteiger partial charge >= 0.3 is 27.6 Å². The number of allylic oxidation sites excluding steroid dienone is 20. The molecule has 3 atom stereocenters. The van der Waals surface area contributed by atoms with E-state index < -0.39 is 66.2 Å². The average Bonchev–Trinajstić information content (AvgIpc) is 3.27. The Morgan fingerprint density at radius 1 is 0.462 bits per heavy atom. The number of aliphatic hydroxyl groups is 1. The number of carbonyl (C=O) groups is 2. The molecule has 0 aliphatic heterocycles. The first-order valence-electron chi connectivity index (χ1n) is 23.2. The second kappa shape index (κ2) is 44.4. The van der Waals surface area contributed by atoms with Crippen molar-refractivity contribution in [3.8, 4) is 0 Å². The molecule has 0 radical (unpaired) electrons. The number of unbranched alkanes of at least 4 members (excludes halogenated alkanes) is 6. The molecular weight excluding hydrogens is 870 g/mol. The van der Waals surface area contributed by atoms with Gasteiger partial charge in [-0.15, -0.1) is 0 Å². The SMILES string of the molecule is CC/C=C\C/C=C\C/C=C\C/C=C\C/C=C\CCCCCC(=O)O[C@H](COC(=O)CC/C=C\C/C=C\C/C=C\C/C=C\C/C=C\CCCCC)COP(=O)(O)OC[C@@H](O)COP(=O)(O)O. The van der Waals surface area contributed by atoms with E-state index in [4.69, 9.17) is 23.8 Å². The van der Waals surface area contributed by atoms with Gasteiger partial charge in [-0.1, -0.05) is 155 Å². The van der Waals surface area contributed by atoms with Crippen molar-refractivity contribution in [2.24, 2.45) is 0 Å². The van der Waals surface area contributed by atoms with Crippen LogP contribution < -0.4 is 0 Å². The first-order chi connectivity index (χ1) is 31.4. The molecule has 0 fully saturated rings. The molecular formula is C50H80O13P2. The number of carbonyl (C=O) groups excluding carboxylic acids is 2. The van der Waals surface area contributed by atoms with E-state index in [-0.39, 0.29) is 12.8 Å². The maximum Gasteiger partial charge on any atom is 0.472 e. The van der Waals surface area contributed by atoms with Crippen LogP contribution in [0.2, 0.25) is 0 Å². The van der Waals surface area contributed by atoms with Crippen LogP contribution in [0.3, 0.4) is 0 Å². The van der Waals surface area contributed by atoms with E-state index in [0.717, 1.165) is 77.0 Å². The molecule has 0 aliphatic carbocycles. The smallest absolute Gasteiger partial charge is 0.462 e. The van der Waals surface area contributed by atoms with E-state index in [2.05, 4.69) is 126 Å². The number of hydrogen-bond donors (Lipinski definition) is 4. The zero-order valence-corrected chi connectivity index (χ0v) is 40.8. The number of esters is 2. The summed E-state index contributed by atoms with van der Waals surface area (Å²) in [6, 6.07) is 0. The Hall–Kier alpha value is -3.48. The lowest BCUT2D eigenvalue weighted by Crippen LogP contribution is -2.29. The van der Waals surface area contributed by atoms with Crippen LogP contribution in [0.1, 0.15) is 142 Å². The monoisotopic (exact) mass is 951 g/mol. The van der Waals surface area contributed by atoms with Crippen molar-refractivity contribution in [2.45, 2.75) is 154 Å². The summed E-state index contributed by atoms with van der Waals surface area (Å²) in [6.07, 6.45) is 56.3. The Bertz CT molecular complexity index is 1600. The van der Waals surface area contributed by atoms with Gasteiger partial charge in [-0.25, -0.2) is 9.13 Å². The molecule has 0 aromatic carbocycles. The van der Waals surface area contributed by atoms with Crippen molar-refractivity contribution in [1.82, 2.24) is 0 Å². The van der Waals surface area contributed by atoms with E-state index in [9.17, 15) is 28.7 Å². The second-order valence-corrected chi connectivity index (χ2v) is 17.6. The predicted molar refractivity (Wildman–Crippen MR) is 262 cm³/mol. The minimum Gasteiger partial charge on any atom is -0.462 e. The molecule has 13 nitrogen and oxygen atoms in total. The Labute approximate surface area is 390 Å². The van der Waals surface area contributed by atoms with Crippen molar-refractivity contribution >= 4 is 27.6 Å². The highest BCUT2D eigenvalue weighted by Crippen LogP contribution is 2.43. The standard InChI is InChI=1S/C50H80O13P2/c1-3-5-7-9-11-13-15-17-19-21-23-25-27-29-31-33-35-37-39-41-49(52)59-45-48(46-62-65(57,58)61-44-47(51)43-60-64(54,55)56)63-50(53)42-40-38-36-34-32-30-28-26-24-22-20-18-16-14-12-10-8-6-4-2/h6,8,11-14,17-20,23-26,29-32,35,37,47-48,51H,3-5,7,9-10,15-16,21-22,27-28,33-34,36,38-46H2,1-2H3,(H,57,58)(H2,54,55,56)/b8-6-,13-11-,14-12-,19-17-,20-18-,25-23-,26-24-,31-29-,32-30-,37-35-/t47-,48+/m0/s1. The van der Waals surface area contributed by atoms with Crippen molar-refractivity contribution in [2.75, 3.05) is 26.4 Å². The minimum atomic E-state index is -4.88. The molecule has 0 spiro atoms. The van der Waals surface area contributed by atoms with Gasteiger partial charge in [0.1, 0.15) is 12.7 Å². The first kappa shape index (κ1) is 61.5. The summed E-state index contributed by atoms with van der Waals surface area (Å²) < 4.78 is 47.7. The predicted octanol–water partition coefficient (Wildman–Crippen LogP) is 12.4. The Morgan fingerprint density at radius 2 is 0.877 bits per heavy atom. The first-order valence-corrected chi connectivity index (χ1v) is 26.3. The van der Waals surface area contributed by atoms with Gasteiger partial charge in [-0.3, -0.25) is 23.2 Å². The third-order valence-electron chi connectivity index (χ3n) is 8.84. The molecule has 0 amide bonds. The van der Waals surface area contributed by atoms with Crippen LogP contribution >= 0.6 is 15.6 Å². The molecule has 0 heterocycles. The van der Waals surface area contributed by atoms with Crippen LogP contribution in [-0.2, 0) is 41.8 Å². The fourth-order valence-corrected chi connectivity index (χ4v) is 6.51. The molecule has 0 saturated carbocycles. The highest BCUT2D eigenvalue weighted by atomic mass is 31.2. The number of hydrogen-bond acceptors (Lipinski definition) is 10. The molecule has 15 heteroatoms. The largest absolute Gasteiger partial charge is 0.472 e. The fourth-order valence-electron chi connectivity index (χ4n) is 5.36. The number of rotatable bonds is 42. The quantitative estimate of drug-likeness (QED) is 0.0195. The molecule has 368 valence electrons. The number of phosphoric acid groups is 2. The Morgan fingerprint density at radius 3 is 1.34 bits per heavy atom. The maximum absolute atomic E-state index is 12.7. The minimum absolute atomic E-state index is 0.0563. The highest BCUT2D eigenvalue weighted by molar-refractivity contribution is 7.47. The van der Waals surface area contributed by atoms with Gasteiger partial charge in [0.15, 0.2) is 6.10 Å². The van der Waals surface area contributed by atoms with E-state index >= 15 is 0 Å². The van der Waals surface area contributed by atoms with Crippen molar-refractivity contribution < 1.29 is 61.6 Å². The topological polar surface area (TPSA) is 195 Å². The van der Waals surface area contributed by atoms with Crippen LogP contribution in [-0.4, -0.2) is 70.4 Å². The molecule has 0 rings (SSSR count). The Balaban J connectivity index is 4.69. The van der Waals surface area contributed by atoms with E-state index in [0.29, 0.717) is 19.3 Å². The van der Waals surface area contributed by atoms with Gasteiger partial charge < -0.3 is 29.3 Å². The van der Waals surface area contributed by atoms with Gasteiger partial charge in [-0.2, -0.15) is 0 Å². The van der Waals surface area contributed by atoms with Crippen molar-refractivity contribution in [1.29, 1.82) is 0 Å². The lowest BCUT2D eigenvalue weighted by Gasteiger charge is -2.20. The fraction of sp³-hybridized carbons (Fsp3) is 0.560. The second-order valence-electron chi connectivity index (χ2n) is 14.9. The zero-order valence-electron chi connectivity index (χ0n) is 39.0. The van der Waals surface area contributed by atoms with Crippen LogP contribution in [0.25, 0.3) is 0 Å². The van der Waals surface area contributed by atoms with E-state index in [1.54, 1.807) is 0 Å². The number of phosphoric ester groups is 2. The third kappa shape index (κ3) is 48.3. The van der Waals surface area contributed by atoms with E-state index in [1.807, 2.05) is 18.2 Å². The van der Waals surface area contributed by atoms with Crippen LogP contribution in [0.15, 0.2) is 122 Å². The summed E-state index contributed by atoms with van der Waals surface area (Å²) in [6.45, 7) is 1.48. The number of aliphatic hydroxyl groups excluding tert-OH is 1. The molecule has 4 N–H and O–H groups in total. The van der Waals surface area contributed by atoms with E-state index in [1.165, 1.54) is 19.3 Å². The molecule has 0 aromatic heterocycles. The van der Waals surface area contributed by atoms with Crippen molar-refractivity contribution in [3.63, 3.8) is 0 Å². The number of ether oxygens (including phenoxy) is 2. The van der Waals surface area contributed by atoms with Gasteiger partial charge in [-0.05, 0) is 96.3 Å².